The molecule has 1 heterocycles. The SMILES string of the molecule is CC1c2c([nH]c3ccccc23)CCC1C(=O)[O-]. The number of aromatic nitrogens is 1. The van der Waals surface area contributed by atoms with Gasteiger partial charge in [0, 0.05) is 28.5 Å². The van der Waals surface area contributed by atoms with Gasteiger partial charge in [0.25, 0.3) is 0 Å². The van der Waals surface area contributed by atoms with E-state index in [1.807, 2.05) is 25.1 Å². The van der Waals surface area contributed by atoms with Gasteiger partial charge in [-0.25, -0.2) is 0 Å². The predicted octanol–water partition coefficient (Wildman–Crippen LogP) is 1.58. The number of nitrogens with one attached hydrogen (secondary N) is 1. The number of aryl methyl sites for hydroxylation is 1. The number of rotatable bonds is 1. The van der Waals surface area contributed by atoms with Crippen molar-refractivity contribution in [2.45, 2.75) is 25.7 Å². The van der Waals surface area contributed by atoms with Gasteiger partial charge in [-0.1, -0.05) is 25.1 Å². The van der Waals surface area contributed by atoms with E-state index in [2.05, 4.69) is 11.1 Å². The van der Waals surface area contributed by atoms with Crippen LogP contribution in [0, 0.1) is 5.92 Å². The number of carboxylic acid groups (broad SMARTS) is 1. The van der Waals surface area contributed by atoms with E-state index in [1.165, 1.54) is 11.3 Å². The number of hydrogen-bond acceptors (Lipinski definition) is 2. The molecule has 0 saturated carbocycles. The lowest BCUT2D eigenvalue weighted by molar-refractivity contribution is -0.312. The molecule has 3 heteroatoms. The maximum atomic E-state index is 11.1. The highest BCUT2D eigenvalue weighted by Gasteiger charge is 2.29. The number of hydrogen-bond donors (Lipinski definition) is 1. The summed E-state index contributed by atoms with van der Waals surface area (Å²) < 4.78 is 0. The molecule has 2 aromatic rings. The van der Waals surface area contributed by atoms with Crippen molar-refractivity contribution in [3.05, 3.63) is 35.5 Å². The fraction of sp³-hybridized carbons (Fsp3) is 0.357. The smallest absolute Gasteiger partial charge is 0.0459 e. The highest BCUT2D eigenvalue weighted by atomic mass is 16.4. The van der Waals surface area contributed by atoms with Crippen molar-refractivity contribution >= 4 is 16.9 Å². The Balaban J connectivity index is 2.19. The monoisotopic (exact) mass is 228 g/mol. The maximum absolute atomic E-state index is 11.1. The summed E-state index contributed by atoms with van der Waals surface area (Å²) in [5.74, 6) is -1.25. The van der Waals surface area contributed by atoms with Gasteiger partial charge < -0.3 is 14.9 Å². The highest BCUT2D eigenvalue weighted by molar-refractivity contribution is 5.86. The van der Waals surface area contributed by atoms with Crippen LogP contribution < -0.4 is 5.11 Å². The molecule has 17 heavy (non-hydrogen) atoms. The van der Waals surface area contributed by atoms with Gasteiger partial charge in [-0.15, -0.1) is 0 Å². The molecular weight excluding hydrogens is 214 g/mol. The first-order chi connectivity index (χ1) is 8.18. The van der Waals surface area contributed by atoms with Crippen molar-refractivity contribution in [1.29, 1.82) is 0 Å². The fourth-order valence-electron chi connectivity index (χ4n) is 3.01. The van der Waals surface area contributed by atoms with Crippen LogP contribution >= 0.6 is 0 Å². The second-order valence-corrected chi connectivity index (χ2v) is 4.82. The van der Waals surface area contributed by atoms with Gasteiger partial charge in [0.15, 0.2) is 0 Å². The van der Waals surface area contributed by atoms with Crippen LogP contribution in [0.3, 0.4) is 0 Å². The summed E-state index contributed by atoms with van der Waals surface area (Å²) >= 11 is 0. The zero-order valence-corrected chi connectivity index (χ0v) is 9.69. The van der Waals surface area contributed by atoms with Crippen molar-refractivity contribution in [2.24, 2.45) is 5.92 Å². The zero-order valence-electron chi connectivity index (χ0n) is 9.69. The molecule has 0 saturated heterocycles. The van der Waals surface area contributed by atoms with Crippen molar-refractivity contribution in [3.8, 4) is 0 Å². The van der Waals surface area contributed by atoms with Gasteiger partial charge >= 0.3 is 0 Å². The van der Waals surface area contributed by atoms with E-state index in [1.54, 1.807) is 0 Å². The molecule has 88 valence electrons. The number of carbonyl (C=O) groups is 1. The second kappa shape index (κ2) is 3.62. The van der Waals surface area contributed by atoms with Crippen LogP contribution in [-0.2, 0) is 11.2 Å². The molecular formula is C14H14NO2-. The minimum absolute atomic E-state index is 0.0277. The summed E-state index contributed by atoms with van der Waals surface area (Å²) in [6, 6.07) is 8.07. The standard InChI is InChI=1S/C14H15NO2/c1-8-9(14(16)17)6-7-12-13(8)10-4-2-3-5-11(10)15-12/h2-5,8-9,15H,6-7H2,1H3,(H,16,17)/p-1. The lowest BCUT2D eigenvalue weighted by Crippen LogP contribution is -2.36. The van der Waals surface area contributed by atoms with Gasteiger partial charge in [0.05, 0.1) is 0 Å². The van der Waals surface area contributed by atoms with Crippen LogP contribution in [0.15, 0.2) is 24.3 Å². The number of carboxylic acids is 1. The molecule has 3 rings (SSSR count). The van der Waals surface area contributed by atoms with E-state index in [-0.39, 0.29) is 11.8 Å². The molecule has 0 amide bonds. The molecule has 0 fully saturated rings. The number of fused-ring (bicyclic) bond motifs is 3. The van der Waals surface area contributed by atoms with Crippen molar-refractivity contribution in [1.82, 2.24) is 4.98 Å². The molecule has 1 aromatic heterocycles. The van der Waals surface area contributed by atoms with E-state index in [0.717, 1.165) is 17.3 Å². The number of aliphatic carboxylic acids is 1. The van der Waals surface area contributed by atoms with Gasteiger partial charge in [0.1, 0.15) is 0 Å². The Bertz CT molecular complexity index is 585. The van der Waals surface area contributed by atoms with Gasteiger partial charge in [0.2, 0.25) is 0 Å². The van der Waals surface area contributed by atoms with E-state index >= 15 is 0 Å². The molecule has 2 unspecified atom stereocenters. The quantitative estimate of drug-likeness (QED) is 0.805. The van der Waals surface area contributed by atoms with Crippen molar-refractivity contribution in [2.75, 3.05) is 0 Å². The van der Waals surface area contributed by atoms with Gasteiger partial charge in [-0.3, -0.25) is 0 Å². The number of benzene rings is 1. The molecule has 0 spiro atoms. The Kier molecular flexibility index (Phi) is 2.21. The molecule has 1 aliphatic rings. The molecule has 0 bridgehead atoms. The minimum atomic E-state index is -0.923. The normalized spacial score (nSPS) is 23.6. The van der Waals surface area contributed by atoms with Crippen LogP contribution in [0.25, 0.3) is 10.9 Å². The van der Waals surface area contributed by atoms with Crippen LogP contribution in [0.5, 0.6) is 0 Å². The topological polar surface area (TPSA) is 55.9 Å². The first-order valence-corrected chi connectivity index (χ1v) is 5.99. The highest BCUT2D eigenvalue weighted by Crippen LogP contribution is 2.39. The van der Waals surface area contributed by atoms with Crippen LogP contribution in [0.2, 0.25) is 0 Å². The van der Waals surface area contributed by atoms with Gasteiger partial charge in [-0.05, 0) is 30.4 Å². The van der Waals surface area contributed by atoms with Crippen LogP contribution in [-0.4, -0.2) is 11.0 Å². The summed E-state index contributed by atoms with van der Waals surface area (Å²) in [4.78, 5) is 14.5. The third-order valence-electron chi connectivity index (χ3n) is 3.89. The predicted molar refractivity (Wildman–Crippen MR) is 63.5 cm³/mol. The number of para-hydroxylation sites is 1. The molecule has 0 aliphatic heterocycles. The van der Waals surface area contributed by atoms with E-state index < -0.39 is 5.97 Å². The Hall–Kier alpha value is -1.77. The Morgan fingerprint density at radius 3 is 2.94 bits per heavy atom. The molecule has 3 nitrogen and oxygen atoms in total. The minimum Gasteiger partial charge on any atom is -0.550 e. The fourth-order valence-corrected chi connectivity index (χ4v) is 3.01. The first kappa shape index (κ1) is 10.4. The third-order valence-corrected chi connectivity index (χ3v) is 3.89. The Labute approximate surface area is 99.5 Å². The molecule has 2 atom stereocenters. The van der Waals surface area contributed by atoms with E-state index in [9.17, 15) is 9.90 Å². The largest absolute Gasteiger partial charge is 0.550 e. The lowest BCUT2D eigenvalue weighted by Gasteiger charge is -2.30. The van der Waals surface area contributed by atoms with Crippen LogP contribution in [0.1, 0.15) is 30.5 Å². The lowest BCUT2D eigenvalue weighted by atomic mass is 9.78. The number of H-pyrrole nitrogens is 1. The Morgan fingerprint density at radius 2 is 2.18 bits per heavy atom. The second-order valence-electron chi connectivity index (χ2n) is 4.82. The molecule has 1 N–H and O–H groups in total. The Morgan fingerprint density at radius 1 is 1.41 bits per heavy atom. The average Bonchev–Trinajstić information content (AvgIpc) is 2.67. The number of carbonyl (C=O) groups excluding carboxylic acids is 1. The maximum Gasteiger partial charge on any atom is 0.0459 e. The summed E-state index contributed by atoms with van der Waals surface area (Å²) in [6.45, 7) is 1.98. The summed E-state index contributed by atoms with van der Waals surface area (Å²) in [6.07, 6.45) is 1.47. The summed E-state index contributed by atoms with van der Waals surface area (Å²) in [5.41, 5.74) is 3.46. The molecule has 1 aliphatic carbocycles. The molecule has 0 radical (unpaired) electrons. The van der Waals surface area contributed by atoms with E-state index in [4.69, 9.17) is 0 Å². The summed E-state index contributed by atoms with van der Waals surface area (Å²) in [7, 11) is 0. The summed E-state index contributed by atoms with van der Waals surface area (Å²) in [5, 5.41) is 12.3. The third kappa shape index (κ3) is 1.46. The van der Waals surface area contributed by atoms with E-state index in [0.29, 0.717) is 6.42 Å². The van der Waals surface area contributed by atoms with Crippen LogP contribution in [0.4, 0.5) is 0 Å². The first-order valence-electron chi connectivity index (χ1n) is 5.99. The van der Waals surface area contributed by atoms with Crippen molar-refractivity contribution in [3.63, 3.8) is 0 Å². The van der Waals surface area contributed by atoms with Crippen molar-refractivity contribution < 1.29 is 9.90 Å². The molecule has 1 aromatic carbocycles. The average molecular weight is 228 g/mol. The van der Waals surface area contributed by atoms with Gasteiger partial charge in [-0.2, -0.15) is 0 Å². The zero-order chi connectivity index (χ0) is 12.0. The number of aromatic amines is 1.